The monoisotopic (exact) mass is 644 g/mol. The van der Waals surface area contributed by atoms with Crippen molar-refractivity contribution in [2.24, 2.45) is 17.8 Å². The first-order valence-electron chi connectivity index (χ1n) is 15.0. The van der Waals surface area contributed by atoms with Gasteiger partial charge in [0.05, 0.1) is 12.5 Å². The Kier molecular flexibility index (Phi) is 13.2. The van der Waals surface area contributed by atoms with E-state index >= 15 is 0 Å². The second-order valence-corrected chi connectivity index (χ2v) is 11.4. The van der Waals surface area contributed by atoms with Crippen molar-refractivity contribution < 1.29 is 52.9 Å². The molecule has 0 saturated heterocycles. The van der Waals surface area contributed by atoms with Crippen molar-refractivity contribution in [2.75, 3.05) is 25.3 Å². The lowest BCUT2D eigenvalue weighted by molar-refractivity contribution is -0.158. The first kappa shape index (κ1) is 35.7. The van der Waals surface area contributed by atoms with Gasteiger partial charge >= 0.3 is 18.0 Å². The van der Waals surface area contributed by atoms with Crippen LogP contribution >= 0.6 is 0 Å². The molecule has 1 fully saturated rings. The van der Waals surface area contributed by atoms with Crippen LogP contribution in [-0.4, -0.2) is 83.7 Å². The summed E-state index contributed by atoms with van der Waals surface area (Å²) in [7, 11) is 0. The molecule has 1 aromatic carbocycles. The van der Waals surface area contributed by atoms with E-state index in [0.29, 0.717) is 43.5 Å². The van der Waals surface area contributed by atoms with E-state index in [9.17, 15) is 38.7 Å². The summed E-state index contributed by atoms with van der Waals surface area (Å²) >= 11 is 0. The van der Waals surface area contributed by atoms with Crippen LogP contribution in [0.25, 0.3) is 0 Å². The summed E-state index contributed by atoms with van der Waals surface area (Å²) in [6.07, 6.45) is 3.69. The van der Waals surface area contributed by atoms with Crippen LogP contribution in [-0.2, 0) is 49.6 Å². The van der Waals surface area contributed by atoms with E-state index in [1.54, 1.807) is 38.1 Å². The van der Waals surface area contributed by atoms with E-state index in [-0.39, 0.29) is 24.3 Å². The number of nitrogens with one attached hydrogen (secondary N) is 3. The van der Waals surface area contributed by atoms with Gasteiger partial charge in [0.1, 0.15) is 18.7 Å². The Labute approximate surface area is 266 Å². The van der Waals surface area contributed by atoms with Crippen LogP contribution in [0.15, 0.2) is 36.4 Å². The molecule has 0 aromatic heterocycles. The number of benzene rings is 1. The van der Waals surface area contributed by atoms with Gasteiger partial charge in [0.2, 0.25) is 18.6 Å². The second-order valence-electron chi connectivity index (χ2n) is 11.4. The minimum Gasteiger partial charge on any atom is -0.461 e. The minimum absolute atomic E-state index is 0.0708. The van der Waals surface area contributed by atoms with Gasteiger partial charge in [-0.1, -0.05) is 26.0 Å². The number of hydrogen-bond donors (Lipinski definition) is 4. The number of ether oxygens (including phenoxy) is 3. The molecule has 1 saturated carbocycles. The molecule has 0 spiro atoms. The number of nitrogens with zero attached hydrogens (tertiary/aromatic N) is 1. The standard InChI is InChI=1S/C31H40N4O11/c1-18(2)27(29(41)33-24(15-36)28(40)32-23-10-6-21(7-11-23)16-44-19(3)37)34-31(43)46-17-45-30(42)22-8-4-20(5-9-22)14-35-25(38)12-13-26(35)39/h6-7,10-13,18,20,22,24,27,36H,4-5,8-9,14-17H2,1-3H3,(H,32,40)(H,33,41)(H,34,43)/t20?,22?,24-,27-/m0/s1. The third-order valence-electron chi connectivity index (χ3n) is 7.61. The van der Waals surface area contributed by atoms with Gasteiger partial charge in [-0.2, -0.15) is 0 Å². The topological polar surface area (TPSA) is 207 Å². The van der Waals surface area contributed by atoms with Gasteiger partial charge < -0.3 is 35.3 Å². The molecule has 1 heterocycles. The van der Waals surface area contributed by atoms with E-state index in [0.717, 1.165) is 0 Å². The maximum atomic E-state index is 12.9. The summed E-state index contributed by atoms with van der Waals surface area (Å²) in [6.45, 7) is 3.57. The number of esters is 2. The average Bonchev–Trinajstić information content (AvgIpc) is 3.34. The summed E-state index contributed by atoms with van der Waals surface area (Å²) < 4.78 is 15.0. The zero-order valence-corrected chi connectivity index (χ0v) is 26.0. The van der Waals surface area contributed by atoms with E-state index < -0.39 is 67.2 Å². The molecule has 0 bridgehead atoms. The number of imide groups is 1. The highest BCUT2D eigenvalue weighted by molar-refractivity contribution is 6.12. The average molecular weight is 645 g/mol. The molecular formula is C31H40N4O11. The Bertz CT molecular complexity index is 1300. The van der Waals surface area contributed by atoms with E-state index in [2.05, 4.69) is 16.0 Å². The fourth-order valence-electron chi connectivity index (χ4n) is 4.97. The van der Waals surface area contributed by atoms with E-state index in [4.69, 9.17) is 14.2 Å². The number of hydrogen-bond acceptors (Lipinski definition) is 11. The van der Waals surface area contributed by atoms with E-state index in [1.165, 1.54) is 24.0 Å². The fourth-order valence-corrected chi connectivity index (χ4v) is 4.97. The molecule has 2 atom stereocenters. The Morgan fingerprint density at radius 3 is 2.09 bits per heavy atom. The first-order valence-corrected chi connectivity index (χ1v) is 15.0. The number of rotatable bonds is 14. The quantitative estimate of drug-likeness (QED) is 0.128. The highest BCUT2D eigenvalue weighted by Crippen LogP contribution is 2.30. The fraction of sp³-hybridized carbons (Fsp3) is 0.516. The molecule has 1 aliphatic carbocycles. The predicted molar refractivity (Wildman–Crippen MR) is 160 cm³/mol. The van der Waals surface area contributed by atoms with Crippen molar-refractivity contribution in [3.8, 4) is 0 Å². The third-order valence-corrected chi connectivity index (χ3v) is 7.61. The van der Waals surface area contributed by atoms with Gasteiger partial charge in [-0.25, -0.2) is 4.79 Å². The number of aliphatic hydroxyl groups excluding tert-OH is 1. The van der Waals surface area contributed by atoms with Crippen LogP contribution in [0.4, 0.5) is 10.5 Å². The first-order chi connectivity index (χ1) is 21.9. The number of carbonyl (C=O) groups is 7. The van der Waals surface area contributed by atoms with Crippen molar-refractivity contribution in [1.82, 2.24) is 15.5 Å². The maximum Gasteiger partial charge on any atom is 0.410 e. The number of alkyl carbamates (subject to hydrolysis) is 1. The maximum absolute atomic E-state index is 12.9. The molecule has 0 radical (unpaired) electrons. The molecule has 5 amide bonds. The number of carbonyl (C=O) groups excluding carboxylic acids is 7. The largest absolute Gasteiger partial charge is 0.461 e. The zero-order valence-electron chi connectivity index (χ0n) is 26.0. The Morgan fingerprint density at radius 1 is 0.891 bits per heavy atom. The smallest absolute Gasteiger partial charge is 0.410 e. The van der Waals surface area contributed by atoms with Crippen molar-refractivity contribution in [2.45, 2.75) is 65.1 Å². The number of anilines is 1. The van der Waals surface area contributed by atoms with Crippen molar-refractivity contribution in [3.05, 3.63) is 42.0 Å². The molecule has 3 rings (SSSR count). The van der Waals surface area contributed by atoms with Crippen LogP contribution in [0, 0.1) is 17.8 Å². The van der Waals surface area contributed by atoms with Crippen LogP contribution in [0.3, 0.4) is 0 Å². The highest BCUT2D eigenvalue weighted by atomic mass is 16.7. The molecule has 1 aromatic rings. The van der Waals surface area contributed by atoms with Gasteiger partial charge in [-0.15, -0.1) is 0 Å². The molecular weight excluding hydrogens is 604 g/mol. The normalized spacial score (nSPS) is 18.8. The summed E-state index contributed by atoms with van der Waals surface area (Å²) in [5.41, 5.74) is 1.07. The summed E-state index contributed by atoms with van der Waals surface area (Å²) in [4.78, 5) is 86.2. The van der Waals surface area contributed by atoms with Gasteiger partial charge in [0, 0.05) is 31.3 Å². The highest BCUT2D eigenvalue weighted by Gasteiger charge is 2.33. The van der Waals surface area contributed by atoms with Crippen LogP contribution < -0.4 is 16.0 Å². The molecule has 1 aliphatic heterocycles. The van der Waals surface area contributed by atoms with Gasteiger partial charge in [-0.3, -0.25) is 33.7 Å². The second kappa shape index (κ2) is 17.1. The summed E-state index contributed by atoms with van der Waals surface area (Å²) in [5.74, 6) is -3.88. The van der Waals surface area contributed by atoms with Crippen LogP contribution in [0.1, 0.15) is 52.0 Å². The summed E-state index contributed by atoms with van der Waals surface area (Å²) in [6, 6.07) is 3.93. The van der Waals surface area contributed by atoms with Gasteiger partial charge in [-0.05, 0) is 55.2 Å². The van der Waals surface area contributed by atoms with Crippen molar-refractivity contribution >= 4 is 47.3 Å². The third kappa shape index (κ3) is 10.7. The molecule has 250 valence electrons. The van der Waals surface area contributed by atoms with Crippen LogP contribution in [0.2, 0.25) is 0 Å². The summed E-state index contributed by atoms with van der Waals surface area (Å²) in [5, 5.41) is 17.1. The molecule has 0 unspecified atom stereocenters. The number of amides is 5. The Balaban J connectivity index is 1.40. The molecule has 4 N–H and O–H groups in total. The Hall–Kier alpha value is -4.79. The van der Waals surface area contributed by atoms with Gasteiger partial charge in [0.25, 0.3) is 11.8 Å². The lowest BCUT2D eigenvalue weighted by atomic mass is 9.82. The SMILES string of the molecule is CC(=O)OCc1ccc(NC(=O)[C@H](CO)NC(=O)[C@@H](NC(=O)OCOC(=O)C2CCC(CN3C(=O)C=CC3=O)CC2)C(C)C)cc1. The predicted octanol–water partition coefficient (Wildman–Crippen LogP) is 1.15. The lowest BCUT2D eigenvalue weighted by Gasteiger charge is -2.29. The number of aliphatic hydroxyl groups is 1. The Morgan fingerprint density at radius 2 is 1.52 bits per heavy atom. The van der Waals surface area contributed by atoms with Crippen molar-refractivity contribution in [1.29, 1.82) is 0 Å². The van der Waals surface area contributed by atoms with E-state index in [1.807, 2.05) is 0 Å². The molecule has 46 heavy (non-hydrogen) atoms. The van der Waals surface area contributed by atoms with Gasteiger partial charge in [0.15, 0.2) is 0 Å². The minimum atomic E-state index is -1.34. The lowest BCUT2D eigenvalue weighted by Crippen LogP contribution is -2.55. The zero-order chi connectivity index (χ0) is 33.8. The van der Waals surface area contributed by atoms with Crippen molar-refractivity contribution in [3.63, 3.8) is 0 Å². The molecule has 15 heteroatoms. The van der Waals surface area contributed by atoms with Crippen LogP contribution in [0.5, 0.6) is 0 Å². The molecule has 2 aliphatic rings. The molecule has 15 nitrogen and oxygen atoms in total.